The molecule has 1 rings (SSSR count). The quantitative estimate of drug-likeness (QED) is 0.655. The molecule has 5 nitrogen and oxygen atoms in total. The summed E-state index contributed by atoms with van der Waals surface area (Å²) in [6.45, 7) is 1.21. The number of hydrogen-bond acceptors (Lipinski definition) is 3. The van der Waals surface area contributed by atoms with E-state index in [2.05, 4.69) is 5.32 Å². The fourth-order valence-electron chi connectivity index (χ4n) is 1.17. The molecular formula is C10H7Cl2NO4. The Bertz CT molecular complexity index is 513. The second-order valence-corrected chi connectivity index (χ2v) is 3.97. The lowest BCUT2D eigenvalue weighted by Gasteiger charge is -2.10. The number of Topliss-reactive ketones (excluding diaryl/α,β-unsaturated/α-hetero) is 1. The lowest BCUT2D eigenvalue weighted by atomic mass is 10.1. The van der Waals surface area contributed by atoms with Crippen LogP contribution >= 0.6 is 23.2 Å². The minimum atomic E-state index is -1.66. The summed E-state index contributed by atoms with van der Waals surface area (Å²) in [6, 6.07) is 2.43. The van der Waals surface area contributed by atoms with Crippen molar-refractivity contribution in [1.82, 2.24) is 0 Å². The molecule has 1 aromatic rings. The molecule has 7 heteroatoms. The van der Waals surface area contributed by atoms with Crippen molar-refractivity contribution in [1.29, 1.82) is 0 Å². The van der Waals surface area contributed by atoms with Crippen molar-refractivity contribution in [3.63, 3.8) is 0 Å². The van der Waals surface area contributed by atoms with Crippen molar-refractivity contribution in [3.8, 4) is 0 Å². The average Bonchev–Trinajstić information content (AvgIpc) is 2.20. The van der Waals surface area contributed by atoms with Crippen molar-refractivity contribution in [3.05, 3.63) is 27.7 Å². The highest BCUT2D eigenvalue weighted by Gasteiger charge is 2.22. The van der Waals surface area contributed by atoms with Gasteiger partial charge in [0.1, 0.15) is 0 Å². The average molecular weight is 276 g/mol. The zero-order valence-corrected chi connectivity index (χ0v) is 10.1. The van der Waals surface area contributed by atoms with Gasteiger partial charge in [0.05, 0.1) is 16.3 Å². The van der Waals surface area contributed by atoms with Crippen LogP contribution in [0.5, 0.6) is 0 Å². The Morgan fingerprint density at radius 1 is 1.24 bits per heavy atom. The summed E-state index contributed by atoms with van der Waals surface area (Å²) < 4.78 is 0. The van der Waals surface area contributed by atoms with E-state index < -0.39 is 17.7 Å². The largest absolute Gasteiger partial charge is 0.475 e. The molecule has 0 atom stereocenters. The topological polar surface area (TPSA) is 83.5 Å². The van der Waals surface area contributed by atoms with E-state index in [0.29, 0.717) is 0 Å². The predicted octanol–water partition coefficient (Wildman–Crippen LogP) is 2.22. The fourth-order valence-corrected chi connectivity index (χ4v) is 1.71. The fraction of sp³-hybridized carbons (Fsp3) is 0.100. The number of rotatable bonds is 3. The number of hydrogen-bond donors (Lipinski definition) is 2. The first-order valence-electron chi connectivity index (χ1n) is 4.37. The number of nitrogens with one attached hydrogen (secondary N) is 1. The molecule has 1 amide bonds. The Balaban J connectivity index is 3.39. The van der Waals surface area contributed by atoms with Gasteiger partial charge in [0, 0.05) is 11.9 Å². The van der Waals surface area contributed by atoms with Crippen LogP contribution in [0, 0.1) is 0 Å². The van der Waals surface area contributed by atoms with Crippen LogP contribution < -0.4 is 5.32 Å². The number of aliphatic carboxylic acids is 1. The van der Waals surface area contributed by atoms with Crippen molar-refractivity contribution in [2.24, 2.45) is 0 Å². The van der Waals surface area contributed by atoms with Gasteiger partial charge in [-0.15, -0.1) is 0 Å². The number of halogens is 2. The van der Waals surface area contributed by atoms with Gasteiger partial charge in [-0.1, -0.05) is 23.2 Å². The summed E-state index contributed by atoms with van der Waals surface area (Å²) in [4.78, 5) is 32.9. The van der Waals surface area contributed by atoms with E-state index in [9.17, 15) is 14.4 Å². The van der Waals surface area contributed by atoms with Gasteiger partial charge in [0.15, 0.2) is 0 Å². The number of benzene rings is 1. The predicted molar refractivity (Wildman–Crippen MR) is 62.7 cm³/mol. The van der Waals surface area contributed by atoms with Crippen LogP contribution in [0.2, 0.25) is 10.0 Å². The summed E-state index contributed by atoms with van der Waals surface area (Å²) in [7, 11) is 0. The lowest BCUT2D eigenvalue weighted by molar-refractivity contribution is -0.131. The van der Waals surface area contributed by atoms with Crippen LogP contribution in [0.25, 0.3) is 0 Å². The molecule has 2 N–H and O–H groups in total. The normalized spacial score (nSPS) is 9.82. The molecule has 0 aliphatic heterocycles. The number of amides is 1. The maximum absolute atomic E-state index is 11.4. The van der Waals surface area contributed by atoms with Gasteiger partial charge in [0.2, 0.25) is 5.91 Å². The van der Waals surface area contributed by atoms with Crippen molar-refractivity contribution >= 4 is 46.5 Å². The summed E-state index contributed by atoms with van der Waals surface area (Å²) in [5.41, 5.74) is -0.318. The van der Waals surface area contributed by atoms with Crippen LogP contribution in [0.3, 0.4) is 0 Å². The molecule has 0 radical (unpaired) electrons. The molecule has 0 aromatic heterocycles. The van der Waals surface area contributed by atoms with E-state index in [4.69, 9.17) is 28.3 Å². The van der Waals surface area contributed by atoms with Crippen molar-refractivity contribution < 1.29 is 19.5 Å². The number of carbonyl (C=O) groups excluding carboxylic acids is 2. The molecule has 0 aliphatic carbocycles. The van der Waals surface area contributed by atoms with Crippen LogP contribution in [0.15, 0.2) is 12.1 Å². The Morgan fingerprint density at radius 2 is 1.82 bits per heavy atom. The number of ketones is 1. The van der Waals surface area contributed by atoms with Crippen LogP contribution in [-0.4, -0.2) is 22.8 Å². The lowest BCUT2D eigenvalue weighted by Crippen LogP contribution is -2.17. The Kier molecular flexibility index (Phi) is 4.09. The van der Waals surface area contributed by atoms with E-state index in [1.165, 1.54) is 13.0 Å². The molecule has 0 fully saturated rings. The standard InChI is InChI=1S/C10H7Cl2NO4/c1-4(14)13-8-6(9(15)10(16)17)2-5(11)3-7(8)12/h2-3H,1H3,(H,13,14)(H,16,17). The first-order chi connectivity index (χ1) is 7.82. The minimum Gasteiger partial charge on any atom is -0.475 e. The third-order valence-corrected chi connectivity index (χ3v) is 2.31. The summed E-state index contributed by atoms with van der Waals surface area (Å²) >= 11 is 11.4. The Morgan fingerprint density at radius 3 is 2.29 bits per heavy atom. The van der Waals surface area contributed by atoms with Crippen LogP contribution in [-0.2, 0) is 9.59 Å². The monoisotopic (exact) mass is 275 g/mol. The zero-order chi connectivity index (χ0) is 13.2. The van der Waals surface area contributed by atoms with E-state index in [1.54, 1.807) is 0 Å². The van der Waals surface area contributed by atoms with Crippen molar-refractivity contribution in [2.75, 3.05) is 5.32 Å². The third-order valence-electron chi connectivity index (χ3n) is 1.79. The SMILES string of the molecule is CC(=O)Nc1c(Cl)cc(Cl)cc1C(=O)C(=O)O. The molecule has 90 valence electrons. The van der Waals surface area contributed by atoms with Crippen LogP contribution in [0.4, 0.5) is 5.69 Å². The molecule has 1 aromatic carbocycles. The molecule has 0 heterocycles. The van der Waals surface area contributed by atoms with Gasteiger partial charge in [-0.05, 0) is 12.1 Å². The maximum atomic E-state index is 11.4. The summed E-state index contributed by atoms with van der Waals surface area (Å²) in [5.74, 6) is -3.33. The molecule has 0 unspecified atom stereocenters. The Labute approximate surface area is 106 Å². The highest BCUT2D eigenvalue weighted by molar-refractivity contribution is 6.44. The molecular weight excluding hydrogens is 269 g/mol. The first kappa shape index (κ1) is 13.5. The van der Waals surface area contributed by atoms with Gasteiger partial charge < -0.3 is 10.4 Å². The molecule has 0 bridgehead atoms. The van der Waals surface area contributed by atoms with Crippen molar-refractivity contribution in [2.45, 2.75) is 6.92 Å². The smallest absolute Gasteiger partial charge is 0.377 e. The minimum absolute atomic E-state index is 0.00250. The van der Waals surface area contributed by atoms with Gasteiger partial charge in [0.25, 0.3) is 5.78 Å². The molecule has 0 aliphatic rings. The second-order valence-electron chi connectivity index (χ2n) is 3.13. The number of carboxylic acids is 1. The maximum Gasteiger partial charge on any atom is 0.377 e. The van der Waals surface area contributed by atoms with E-state index in [-0.39, 0.29) is 21.3 Å². The van der Waals surface area contributed by atoms with Gasteiger partial charge in [-0.25, -0.2) is 4.79 Å². The highest BCUT2D eigenvalue weighted by atomic mass is 35.5. The molecule has 0 saturated heterocycles. The number of anilines is 1. The van der Waals surface area contributed by atoms with Gasteiger partial charge >= 0.3 is 5.97 Å². The van der Waals surface area contributed by atoms with Gasteiger partial charge in [-0.3, -0.25) is 9.59 Å². The molecule has 0 saturated carbocycles. The second kappa shape index (κ2) is 5.16. The first-order valence-corrected chi connectivity index (χ1v) is 5.12. The number of carbonyl (C=O) groups is 3. The summed E-state index contributed by atoms with van der Waals surface area (Å²) in [6.07, 6.45) is 0. The van der Waals surface area contributed by atoms with E-state index in [1.807, 2.05) is 0 Å². The number of carboxylic acid groups (broad SMARTS) is 1. The Hall–Kier alpha value is -1.59. The van der Waals surface area contributed by atoms with E-state index in [0.717, 1.165) is 6.07 Å². The highest BCUT2D eigenvalue weighted by Crippen LogP contribution is 2.30. The van der Waals surface area contributed by atoms with E-state index >= 15 is 0 Å². The van der Waals surface area contributed by atoms with Gasteiger partial charge in [-0.2, -0.15) is 0 Å². The summed E-state index contributed by atoms with van der Waals surface area (Å²) in [5, 5.41) is 11.0. The van der Waals surface area contributed by atoms with Crippen LogP contribution in [0.1, 0.15) is 17.3 Å². The third kappa shape index (κ3) is 3.18. The molecule has 17 heavy (non-hydrogen) atoms. The zero-order valence-electron chi connectivity index (χ0n) is 8.58. The molecule has 0 spiro atoms.